The number of hydrogen-bond acceptors (Lipinski definition) is 2. The van der Waals surface area contributed by atoms with E-state index in [-0.39, 0.29) is 0 Å². The van der Waals surface area contributed by atoms with E-state index in [9.17, 15) is 0 Å². The molecule has 16 heavy (non-hydrogen) atoms. The van der Waals surface area contributed by atoms with Crippen molar-refractivity contribution in [2.24, 2.45) is 0 Å². The number of nitrogens with one attached hydrogen (secondary N) is 1. The van der Waals surface area contributed by atoms with Crippen LogP contribution in [-0.2, 0) is 6.54 Å². The number of rotatable bonds is 4. The van der Waals surface area contributed by atoms with Crippen molar-refractivity contribution in [2.75, 3.05) is 5.32 Å². The van der Waals surface area contributed by atoms with E-state index in [0.29, 0.717) is 6.04 Å². The number of imidazole rings is 1. The summed E-state index contributed by atoms with van der Waals surface area (Å²) in [6.07, 6.45) is 6.43. The highest BCUT2D eigenvalue weighted by Crippen LogP contribution is 2.23. The zero-order valence-electron chi connectivity index (χ0n) is 9.13. The summed E-state index contributed by atoms with van der Waals surface area (Å²) in [5, 5.41) is 3.44. The third-order valence-electron chi connectivity index (χ3n) is 2.82. The van der Waals surface area contributed by atoms with E-state index in [2.05, 4.69) is 39.1 Å². The first-order valence-electron chi connectivity index (χ1n) is 5.73. The number of nitrogens with zero attached hydrogens (tertiary/aromatic N) is 2. The summed E-state index contributed by atoms with van der Waals surface area (Å²) in [5.74, 6) is 0.992. The van der Waals surface area contributed by atoms with Crippen LogP contribution in [0.2, 0.25) is 0 Å². The van der Waals surface area contributed by atoms with Gasteiger partial charge in [-0.2, -0.15) is 0 Å². The smallest absolute Gasteiger partial charge is 0.203 e. The first kappa shape index (κ1) is 9.46. The second-order valence-corrected chi connectivity index (χ2v) is 4.28. The Morgan fingerprint density at radius 3 is 2.81 bits per heavy atom. The molecule has 1 aromatic heterocycles. The Kier molecular flexibility index (Phi) is 2.37. The van der Waals surface area contributed by atoms with Crippen LogP contribution in [0, 0.1) is 0 Å². The van der Waals surface area contributed by atoms with Crippen LogP contribution in [0.25, 0.3) is 0 Å². The molecule has 0 bridgehead atoms. The normalized spacial score (nSPS) is 15.0. The van der Waals surface area contributed by atoms with Gasteiger partial charge in [0.1, 0.15) is 0 Å². The van der Waals surface area contributed by atoms with Gasteiger partial charge in [0.25, 0.3) is 0 Å². The van der Waals surface area contributed by atoms with E-state index in [1.54, 1.807) is 0 Å². The van der Waals surface area contributed by atoms with Crippen molar-refractivity contribution in [1.29, 1.82) is 0 Å². The molecule has 0 amide bonds. The molecule has 0 aliphatic heterocycles. The highest BCUT2D eigenvalue weighted by atomic mass is 15.2. The maximum absolute atomic E-state index is 4.34. The Morgan fingerprint density at radius 2 is 2.06 bits per heavy atom. The zero-order chi connectivity index (χ0) is 10.8. The molecule has 1 fully saturated rings. The standard InChI is InChI=1S/C13H15N3/c1-2-4-11(5-3-1)10-16-9-8-14-13(16)15-12-6-7-12/h1-5,8-9,12H,6-7,10H2,(H,14,15). The maximum Gasteiger partial charge on any atom is 0.203 e. The summed E-state index contributed by atoms with van der Waals surface area (Å²) in [6, 6.07) is 11.1. The SMILES string of the molecule is c1ccc(Cn2ccnc2NC2CC2)cc1. The Morgan fingerprint density at radius 1 is 1.25 bits per heavy atom. The van der Waals surface area contributed by atoms with Gasteiger partial charge >= 0.3 is 0 Å². The molecule has 1 N–H and O–H groups in total. The van der Waals surface area contributed by atoms with E-state index in [1.165, 1.54) is 18.4 Å². The molecular formula is C13H15N3. The summed E-state index contributed by atoms with van der Waals surface area (Å²) in [6.45, 7) is 0.885. The molecule has 3 nitrogen and oxygen atoms in total. The predicted molar refractivity (Wildman–Crippen MR) is 64.4 cm³/mol. The van der Waals surface area contributed by atoms with E-state index in [0.717, 1.165) is 12.5 Å². The molecule has 1 aliphatic rings. The topological polar surface area (TPSA) is 29.9 Å². The highest BCUT2D eigenvalue weighted by Gasteiger charge is 2.22. The van der Waals surface area contributed by atoms with Crippen LogP contribution in [-0.4, -0.2) is 15.6 Å². The first-order valence-corrected chi connectivity index (χ1v) is 5.73. The first-order chi connectivity index (χ1) is 7.92. The molecule has 1 aromatic carbocycles. The van der Waals surface area contributed by atoms with Crippen molar-refractivity contribution in [3.63, 3.8) is 0 Å². The number of hydrogen-bond donors (Lipinski definition) is 1. The van der Waals surface area contributed by atoms with Gasteiger partial charge in [-0.3, -0.25) is 0 Å². The third-order valence-corrected chi connectivity index (χ3v) is 2.82. The van der Waals surface area contributed by atoms with Crippen LogP contribution in [0.4, 0.5) is 5.95 Å². The lowest BCUT2D eigenvalue weighted by Crippen LogP contribution is -2.09. The molecule has 3 rings (SSSR count). The minimum Gasteiger partial charge on any atom is -0.353 e. The van der Waals surface area contributed by atoms with Gasteiger partial charge in [-0.1, -0.05) is 30.3 Å². The Bertz CT molecular complexity index is 457. The lowest BCUT2D eigenvalue weighted by Gasteiger charge is -2.08. The average molecular weight is 213 g/mol. The summed E-state index contributed by atoms with van der Waals surface area (Å²) in [4.78, 5) is 4.34. The van der Waals surface area contributed by atoms with Gasteiger partial charge in [-0.05, 0) is 18.4 Å². The Labute approximate surface area is 95.1 Å². The highest BCUT2D eigenvalue weighted by molar-refractivity contribution is 5.31. The fourth-order valence-corrected chi connectivity index (χ4v) is 1.77. The van der Waals surface area contributed by atoms with Crippen LogP contribution in [0.3, 0.4) is 0 Å². The molecule has 82 valence electrons. The van der Waals surface area contributed by atoms with Gasteiger partial charge in [0.2, 0.25) is 5.95 Å². The molecule has 1 saturated carbocycles. The van der Waals surface area contributed by atoms with Crippen LogP contribution in [0.15, 0.2) is 42.7 Å². The van der Waals surface area contributed by atoms with Crippen LogP contribution < -0.4 is 5.32 Å². The lowest BCUT2D eigenvalue weighted by molar-refractivity contribution is 0.796. The van der Waals surface area contributed by atoms with Gasteiger partial charge in [-0.25, -0.2) is 4.98 Å². The number of anilines is 1. The van der Waals surface area contributed by atoms with Crippen molar-refractivity contribution < 1.29 is 0 Å². The van der Waals surface area contributed by atoms with Gasteiger partial charge in [0.05, 0.1) is 6.54 Å². The Hall–Kier alpha value is -1.77. The van der Waals surface area contributed by atoms with Crippen LogP contribution >= 0.6 is 0 Å². The molecule has 0 spiro atoms. The average Bonchev–Trinajstić information content (AvgIpc) is 3.02. The Balaban J connectivity index is 1.76. The van der Waals surface area contributed by atoms with Crippen molar-refractivity contribution in [1.82, 2.24) is 9.55 Å². The van der Waals surface area contributed by atoms with Crippen LogP contribution in [0.5, 0.6) is 0 Å². The second kappa shape index (κ2) is 4.00. The quantitative estimate of drug-likeness (QED) is 0.845. The van der Waals surface area contributed by atoms with Gasteiger partial charge < -0.3 is 9.88 Å². The lowest BCUT2D eigenvalue weighted by atomic mass is 10.2. The second-order valence-electron chi connectivity index (χ2n) is 4.28. The zero-order valence-corrected chi connectivity index (χ0v) is 9.13. The minimum absolute atomic E-state index is 0.650. The van der Waals surface area contributed by atoms with E-state index >= 15 is 0 Å². The molecule has 0 radical (unpaired) electrons. The molecule has 3 heteroatoms. The fraction of sp³-hybridized carbons (Fsp3) is 0.308. The molecule has 0 unspecified atom stereocenters. The molecule has 2 aromatic rings. The van der Waals surface area contributed by atoms with Gasteiger partial charge in [-0.15, -0.1) is 0 Å². The largest absolute Gasteiger partial charge is 0.353 e. The maximum atomic E-state index is 4.34. The summed E-state index contributed by atoms with van der Waals surface area (Å²) in [5.41, 5.74) is 1.30. The molecule has 1 heterocycles. The van der Waals surface area contributed by atoms with Crippen molar-refractivity contribution in [3.05, 3.63) is 48.3 Å². The molecule has 1 aliphatic carbocycles. The number of aromatic nitrogens is 2. The third kappa shape index (κ3) is 2.08. The van der Waals surface area contributed by atoms with Crippen molar-refractivity contribution >= 4 is 5.95 Å². The van der Waals surface area contributed by atoms with E-state index in [1.807, 2.05) is 18.5 Å². The fourth-order valence-electron chi connectivity index (χ4n) is 1.77. The van der Waals surface area contributed by atoms with Crippen molar-refractivity contribution in [2.45, 2.75) is 25.4 Å². The molecule has 0 atom stereocenters. The summed E-state index contributed by atoms with van der Waals surface area (Å²) in [7, 11) is 0. The monoisotopic (exact) mass is 213 g/mol. The van der Waals surface area contributed by atoms with Crippen LogP contribution in [0.1, 0.15) is 18.4 Å². The van der Waals surface area contributed by atoms with E-state index < -0.39 is 0 Å². The molecular weight excluding hydrogens is 198 g/mol. The summed E-state index contributed by atoms with van der Waals surface area (Å²) >= 11 is 0. The van der Waals surface area contributed by atoms with Gasteiger partial charge in [0.15, 0.2) is 0 Å². The molecule has 0 saturated heterocycles. The predicted octanol–water partition coefficient (Wildman–Crippen LogP) is 2.51. The number of benzene rings is 1. The summed E-state index contributed by atoms with van der Waals surface area (Å²) < 4.78 is 2.16. The van der Waals surface area contributed by atoms with Crippen molar-refractivity contribution in [3.8, 4) is 0 Å². The minimum atomic E-state index is 0.650. The van der Waals surface area contributed by atoms with Gasteiger partial charge in [0, 0.05) is 18.4 Å². The van der Waals surface area contributed by atoms with E-state index in [4.69, 9.17) is 0 Å².